The Kier molecular flexibility index (Phi) is 6.03. The number of hydrazine groups is 1. The summed E-state index contributed by atoms with van der Waals surface area (Å²) in [5.74, 6) is 5.72. The molecule has 2 aromatic rings. The number of halogens is 3. The molecule has 0 fully saturated rings. The topological polar surface area (TPSA) is 65.1 Å². The average Bonchev–Trinajstić information content (AvgIpc) is 2.94. The van der Waals surface area contributed by atoms with Gasteiger partial charge in [0.25, 0.3) is 0 Å². The quantitative estimate of drug-likeness (QED) is 0.530. The molecule has 1 unspecified atom stereocenters. The molecule has 2 heterocycles. The van der Waals surface area contributed by atoms with Crippen LogP contribution in [0.2, 0.25) is 5.02 Å². The summed E-state index contributed by atoms with van der Waals surface area (Å²) in [6.45, 7) is 1.17. The van der Waals surface area contributed by atoms with Crippen LogP contribution in [-0.4, -0.2) is 23.5 Å². The lowest BCUT2D eigenvalue weighted by atomic mass is 10.2. The number of aromatic nitrogens is 2. The maximum atomic E-state index is 6.26. The minimum atomic E-state index is -0.227. The zero-order valence-electron chi connectivity index (χ0n) is 10.6. The van der Waals surface area contributed by atoms with E-state index in [-0.39, 0.29) is 6.04 Å². The number of hydrogen-bond donors (Lipinski definition) is 2. The monoisotopic (exact) mass is 442 g/mol. The number of hydrogen-bond acceptors (Lipinski definition) is 5. The Bertz CT molecular complexity index is 569. The van der Waals surface area contributed by atoms with E-state index in [9.17, 15) is 0 Å². The van der Waals surface area contributed by atoms with Crippen molar-refractivity contribution in [1.29, 1.82) is 0 Å². The highest BCUT2D eigenvalue weighted by Gasteiger charge is 2.23. The van der Waals surface area contributed by atoms with Crippen LogP contribution in [-0.2, 0) is 11.3 Å². The van der Waals surface area contributed by atoms with Gasteiger partial charge in [0.2, 0.25) is 0 Å². The van der Waals surface area contributed by atoms with Gasteiger partial charge in [0.15, 0.2) is 0 Å². The van der Waals surface area contributed by atoms with Gasteiger partial charge in [-0.25, -0.2) is 5.43 Å². The van der Waals surface area contributed by atoms with Crippen LogP contribution in [0.15, 0.2) is 20.5 Å². The van der Waals surface area contributed by atoms with Crippen molar-refractivity contribution in [3.05, 3.63) is 36.1 Å². The summed E-state index contributed by atoms with van der Waals surface area (Å²) in [5, 5.41) is 4.84. The van der Waals surface area contributed by atoms with Crippen LogP contribution in [0.3, 0.4) is 0 Å². The number of ether oxygens (including phenoxy) is 1. The van der Waals surface area contributed by atoms with Crippen LogP contribution >= 0.6 is 54.8 Å². The summed E-state index contributed by atoms with van der Waals surface area (Å²) in [4.78, 5) is 1.03. The summed E-state index contributed by atoms with van der Waals surface area (Å²) in [6.07, 6.45) is 1.62. The third kappa shape index (κ3) is 3.44. The smallest absolute Gasteiger partial charge is 0.0985 e. The highest BCUT2D eigenvalue weighted by atomic mass is 79.9. The number of nitrogens with zero attached hydrogens (tertiary/aromatic N) is 2. The fourth-order valence-electron chi connectivity index (χ4n) is 1.82. The molecule has 0 aliphatic carbocycles. The minimum absolute atomic E-state index is 0.227. The van der Waals surface area contributed by atoms with E-state index >= 15 is 0 Å². The molecule has 110 valence electrons. The minimum Gasteiger partial charge on any atom is -0.383 e. The van der Waals surface area contributed by atoms with E-state index in [2.05, 4.69) is 42.4 Å². The first-order chi connectivity index (χ1) is 9.58. The van der Waals surface area contributed by atoms with Gasteiger partial charge in [-0.15, -0.1) is 11.3 Å². The Morgan fingerprint density at radius 3 is 2.90 bits per heavy atom. The molecule has 0 radical (unpaired) electrons. The summed E-state index contributed by atoms with van der Waals surface area (Å²) in [7, 11) is 1.65. The zero-order valence-corrected chi connectivity index (χ0v) is 15.3. The zero-order chi connectivity index (χ0) is 14.7. The Morgan fingerprint density at radius 2 is 2.35 bits per heavy atom. The Hall–Kier alpha value is 0.0400. The van der Waals surface area contributed by atoms with Crippen LogP contribution in [0.5, 0.6) is 0 Å². The van der Waals surface area contributed by atoms with Gasteiger partial charge < -0.3 is 4.74 Å². The maximum Gasteiger partial charge on any atom is 0.0985 e. The molecule has 9 heteroatoms. The van der Waals surface area contributed by atoms with Crippen LogP contribution in [0.1, 0.15) is 16.6 Å². The molecule has 1 atom stereocenters. The van der Waals surface area contributed by atoms with Crippen molar-refractivity contribution in [2.45, 2.75) is 12.6 Å². The van der Waals surface area contributed by atoms with E-state index in [1.54, 1.807) is 29.3 Å². The summed E-state index contributed by atoms with van der Waals surface area (Å²) >= 11 is 14.8. The van der Waals surface area contributed by atoms with Gasteiger partial charge in [-0.05, 0) is 37.9 Å². The molecule has 20 heavy (non-hydrogen) atoms. The first kappa shape index (κ1) is 16.4. The van der Waals surface area contributed by atoms with Crippen LogP contribution in [0.25, 0.3) is 0 Å². The van der Waals surface area contributed by atoms with Crippen LogP contribution in [0, 0.1) is 0 Å². The second-order valence-corrected chi connectivity index (χ2v) is 7.63. The molecular weight excluding hydrogens is 431 g/mol. The second-order valence-electron chi connectivity index (χ2n) is 3.96. The van der Waals surface area contributed by atoms with Gasteiger partial charge in [0.05, 0.1) is 39.9 Å². The SMILES string of the molecule is COCCn1ncc(Cl)c1C(NN)c1cc(Br)c(Br)s1. The van der Waals surface area contributed by atoms with Gasteiger partial charge >= 0.3 is 0 Å². The Labute approximate surface area is 142 Å². The van der Waals surface area contributed by atoms with Gasteiger partial charge in [0, 0.05) is 16.5 Å². The predicted octanol–water partition coefficient (Wildman–Crippen LogP) is 3.32. The first-order valence-corrected chi connectivity index (χ1v) is 8.47. The van der Waals surface area contributed by atoms with Crippen molar-refractivity contribution < 1.29 is 4.74 Å². The number of methoxy groups -OCH3 is 1. The molecular formula is C11H13Br2ClN4OS. The molecule has 5 nitrogen and oxygen atoms in total. The third-order valence-electron chi connectivity index (χ3n) is 2.73. The maximum absolute atomic E-state index is 6.26. The van der Waals surface area contributed by atoms with Crippen LogP contribution in [0.4, 0.5) is 0 Å². The molecule has 3 N–H and O–H groups in total. The van der Waals surface area contributed by atoms with Crippen molar-refractivity contribution in [2.75, 3.05) is 13.7 Å². The highest BCUT2D eigenvalue weighted by molar-refractivity contribution is 9.13. The molecule has 0 aliphatic rings. The second kappa shape index (κ2) is 7.35. The molecule has 2 rings (SSSR count). The first-order valence-electron chi connectivity index (χ1n) is 5.69. The number of nitrogens with one attached hydrogen (secondary N) is 1. The number of rotatable bonds is 6. The summed E-state index contributed by atoms with van der Waals surface area (Å²) in [6, 6.07) is 1.78. The molecule has 0 bridgehead atoms. The van der Waals surface area contributed by atoms with Crippen LogP contribution < -0.4 is 11.3 Å². The van der Waals surface area contributed by atoms with Crippen molar-refractivity contribution >= 4 is 54.8 Å². The van der Waals surface area contributed by atoms with Gasteiger partial charge in [0.1, 0.15) is 0 Å². The lowest BCUT2D eigenvalue weighted by Crippen LogP contribution is -2.30. The number of thiophene rings is 1. The van der Waals surface area contributed by atoms with E-state index in [1.165, 1.54) is 0 Å². The lowest BCUT2D eigenvalue weighted by Gasteiger charge is -2.17. The largest absolute Gasteiger partial charge is 0.383 e. The molecule has 0 spiro atoms. The van der Waals surface area contributed by atoms with Gasteiger partial charge in [-0.2, -0.15) is 5.10 Å². The van der Waals surface area contributed by atoms with E-state index in [1.807, 2.05) is 6.07 Å². The Balaban J connectivity index is 2.38. The number of nitrogens with two attached hydrogens (primary N) is 1. The van der Waals surface area contributed by atoms with Crippen molar-refractivity contribution in [3.8, 4) is 0 Å². The normalized spacial score (nSPS) is 12.8. The molecule has 0 saturated carbocycles. The van der Waals surface area contributed by atoms with E-state index < -0.39 is 0 Å². The summed E-state index contributed by atoms with van der Waals surface area (Å²) < 4.78 is 8.88. The molecule has 0 aromatic carbocycles. The fraction of sp³-hybridized carbons (Fsp3) is 0.364. The van der Waals surface area contributed by atoms with Crippen molar-refractivity contribution in [1.82, 2.24) is 15.2 Å². The van der Waals surface area contributed by atoms with Gasteiger partial charge in [-0.1, -0.05) is 11.6 Å². The molecule has 0 saturated heterocycles. The van der Waals surface area contributed by atoms with Gasteiger partial charge in [-0.3, -0.25) is 10.5 Å². The average molecular weight is 445 g/mol. The van der Waals surface area contributed by atoms with E-state index in [0.29, 0.717) is 18.2 Å². The van der Waals surface area contributed by atoms with Crippen molar-refractivity contribution in [3.63, 3.8) is 0 Å². The molecule has 0 amide bonds. The molecule has 2 aromatic heterocycles. The lowest BCUT2D eigenvalue weighted by molar-refractivity contribution is 0.182. The van der Waals surface area contributed by atoms with Crippen molar-refractivity contribution in [2.24, 2.45) is 5.84 Å². The summed E-state index contributed by atoms with van der Waals surface area (Å²) in [5.41, 5.74) is 3.63. The Morgan fingerprint density at radius 1 is 1.60 bits per heavy atom. The fourth-order valence-corrected chi connectivity index (χ4v) is 4.22. The predicted molar refractivity (Wildman–Crippen MR) is 88.0 cm³/mol. The van der Waals surface area contributed by atoms with E-state index in [0.717, 1.165) is 18.8 Å². The van der Waals surface area contributed by atoms with E-state index in [4.69, 9.17) is 22.2 Å². The standard InChI is InChI=1S/C11H13Br2ClN4OS/c1-19-3-2-18-10(7(14)5-16-18)9(17-15)8-4-6(12)11(13)20-8/h4-5,9,17H,2-3,15H2,1H3. The third-order valence-corrected chi connectivity index (χ3v) is 6.34. The highest BCUT2D eigenvalue weighted by Crippen LogP contribution is 2.38. The molecule has 0 aliphatic heterocycles.